The molecular formula is C15H21FN2. The Bertz CT molecular complexity index is 438. The van der Waals surface area contributed by atoms with E-state index in [4.69, 9.17) is 0 Å². The van der Waals surface area contributed by atoms with Gasteiger partial charge in [-0.2, -0.15) is 0 Å². The quantitative estimate of drug-likeness (QED) is 0.822. The van der Waals surface area contributed by atoms with Gasteiger partial charge in [0.15, 0.2) is 0 Å². The van der Waals surface area contributed by atoms with Gasteiger partial charge in [0.2, 0.25) is 0 Å². The molecule has 2 aliphatic rings. The number of rotatable bonds is 1. The first kappa shape index (κ1) is 12.0. The van der Waals surface area contributed by atoms with E-state index in [0.717, 1.165) is 30.9 Å². The molecule has 1 spiro atoms. The van der Waals surface area contributed by atoms with Crippen LogP contribution in [-0.2, 0) is 0 Å². The minimum Gasteiger partial charge on any atom is -0.368 e. The molecule has 0 bridgehead atoms. The summed E-state index contributed by atoms with van der Waals surface area (Å²) in [4.78, 5) is 2.36. The third kappa shape index (κ3) is 2.01. The molecule has 0 unspecified atom stereocenters. The molecule has 1 aromatic rings. The number of hydrogen-bond donors (Lipinski definition) is 1. The molecule has 3 heteroatoms. The molecule has 1 aliphatic carbocycles. The molecule has 1 aliphatic heterocycles. The lowest BCUT2D eigenvalue weighted by atomic mass is 9.94. The van der Waals surface area contributed by atoms with Gasteiger partial charge in [-0.15, -0.1) is 0 Å². The fourth-order valence-electron chi connectivity index (χ4n) is 3.49. The summed E-state index contributed by atoms with van der Waals surface area (Å²) in [5.41, 5.74) is 2.15. The predicted molar refractivity (Wildman–Crippen MR) is 72.6 cm³/mol. The van der Waals surface area contributed by atoms with E-state index in [1.165, 1.54) is 25.7 Å². The number of nitrogens with zero attached hydrogens (tertiary/aromatic N) is 1. The lowest BCUT2D eigenvalue weighted by Gasteiger charge is -2.43. The van der Waals surface area contributed by atoms with Crippen molar-refractivity contribution in [3.8, 4) is 0 Å². The number of benzene rings is 1. The third-order valence-corrected chi connectivity index (χ3v) is 4.52. The molecule has 0 radical (unpaired) electrons. The largest absolute Gasteiger partial charge is 0.368 e. The summed E-state index contributed by atoms with van der Waals surface area (Å²) in [5, 5.41) is 3.69. The van der Waals surface area contributed by atoms with Crippen LogP contribution in [0.3, 0.4) is 0 Å². The Balaban J connectivity index is 1.85. The number of piperazine rings is 1. The van der Waals surface area contributed by atoms with Crippen molar-refractivity contribution in [3.63, 3.8) is 0 Å². The number of halogens is 1. The summed E-state index contributed by atoms with van der Waals surface area (Å²) in [5.74, 6) is -0.0912. The molecule has 0 aromatic heterocycles. The molecule has 1 saturated heterocycles. The van der Waals surface area contributed by atoms with Crippen LogP contribution in [0.25, 0.3) is 0 Å². The average molecular weight is 248 g/mol. The van der Waals surface area contributed by atoms with E-state index in [2.05, 4.69) is 10.2 Å². The second kappa shape index (κ2) is 4.54. The van der Waals surface area contributed by atoms with Crippen LogP contribution in [0.4, 0.5) is 10.1 Å². The summed E-state index contributed by atoms with van der Waals surface area (Å²) in [7, 11) is 0. The van der Waals surface area contributed by atoms with Gasteiger partial charge in [-0.3, -0.25) is 0 Å². The van der Waals surface area contributed by atoms with Crippen LogP contribution in [0, 0.1) is 12.7 Å². The van der Waals surface area contributed by atoms with Gasteiger partial charge in [0.1, 0.15) is 5.82 Å². The summed E-state index contributed by atoms with van der Waals surface area (Å²) in [6.45, 7) is 4.90. The first-order chi connectivity index (χ1) is 8.70. The molecule has 2 nitrogen and oxygen atoms in total. The van der Waals surface area contributed by atoms with Crippen LogP contribution in [0.2, 0.25) is 0 Å². The smallest absolute Gasteiger partial charge is 0.128 e. The van der Waals surface area contributed by atoms with E-state index in [1.54, 1.807) is 6.07 Å². The Morgan fingerprint density at radius 2 is 2.06 bits per heavy atom. The first-order valence-electron chi connectivity index (χ1n) is 6.95. The van der Waals surface area contributed by atoms with Gasteiger partial charge >= 0.3 is 0 Å². The Morgan fingerprint density at radius 1 is 1.28 bits per heavy atom. The van der Waals surface area contributed by atoms with Gasteiger partial charge in [-0.05, 0) is 31.9 Å². The zero-order valence-corrected chi connectivity index (χ0v) is 11.0. The third-order valence-electron chi connectivity index (χ3n) is 4.52. The second-order valence-corrected chi connectivity index (χ2v) is 5.72. The van der Waals surface area contributed by atoms with Crippen molar-refractivity contribution >= 4 is 5.69 Å². The average Bonchev–Trinajstić information content (AvgIpc) is 2.81. The lowest BCUT2D eigenvalue weighted by molar-refractivity contribution is 0.303. The van der Waals surface area contributed by atoms with Crippen LogP contribution < -0.4 is 10.2 Å². The lowest BCUT2D eigenvalue weighted by Crippen LogP contribution is -2.59. The molecule has 98 valence electrons. The Labute approximate surface area is 108 Å². The molecule has 1 saturated carbocycles. The highest BCUT2D eigenvalue weighted by Crippen LogP contribution is 2.34. The molecule has 2 fully saturated rings. The molecular weight excluding hydrogens is 227 g/mol. The minimum atomic E-state index is -0.0912. The SMILES string of the molecule is Cc1c(F)cccc1N1CCNC2(CCCC2)C1. The van der Waals surface area contributed by atoms with Crippen molar-refractivity contribution in [1.82, 2.24) is 5.32 Å². The first-order valence-corrected chi connectivity index (χ1v) is 6.95. The van der Waals surface area contributed by atoms with Crippen molar-refractivity contribution in [3.05, 3.63) is 29.6 Å². The second-order valence-electron chi connectivity index (χ2n) is 5.72. The normalized spacial score (nSPS) is 22.7. The molecule has 1 aromatic carbocycles. The summed E-state index contributed by atoms with van der Waals surface area (Å²) < 4.78 is 13.7. The highest BCUT2D eigenvalue weighted by molar-refractivity contribution is 5.54. The number of anilines is 1. The fraction of sp³-hybridized carbons (Fsp3) is 0.600. The van der Waals surface area contributed by atoms with Crippen LogP contribution in [-0.4, -0.2) is 25.2 Å². The molecule has 0 amide bonds. The van der Waals surface area contributed by atoms with E-state index < -0.39 is 0 Å². The van der Waals surface area contributed by atoms with E-state index in [0.29, 0.717) is 0 Å². The van der Waals surface area contributed by atoms with Crippen molar-refractivity contribution in [1.29, 1.82) is 0 Å². The standard InChI is InChI=1S/C15H21FN2/c1-12-13(16)5-4-6-14(12)18-10-9-17-15(11-18)7-2-3-8-15/h4-6,17H,2-3,7-11H2,1H3. The van der Waals surface area contributed by atoms with Gasteiger partial charge in [0.05, 0.1) is 0 Å². The van der Waals surface area contributed by atoms with Crippen molar-refractivity contribution < 1.29 is 4.39 Å². The van der Waals surface area contributed by atoms with Crippen molar-refractivity contribution in [2.24, 2.45) is 0 Å². The summed E-state index contributed by atoms with van der Waals surface area (Å²) in [6, 6.07) is 5.42. The molecule has 3 rings (SSSR count). The van der Waals surface area contributed by atoms with Crippen LogP contribution >= 0.6 is 0 Å². The van der Waals surface area contributed by atoms with E-state index in [1.807, 2.05) is 19.1 Å². The van der Waals surface area contributed by atoms with E-state index in [-0.39, 0.29) is 11.4 Å². The topological polar surface area (TPSA) is 15.3 Å². The molecule has 0 atom stereocenters. The van der Waals surface area contributed by atoms with Gasteiger partial charge in [-0.25, -0.2) is 4.39 Å². The highest BCUT2D eigenvalue weighted by atomic mass is 19.1. The van der Waals surface area contributed by atoms with Crippen molar-refractivity contribution in [2.45, 2.75) is 38.1 Å². The monoisotopic (exact) mass is 248 g/mol. The molecule has 18 heavy (non-hydrogen) atoms. The summed E-state index contributed by atoms with van der Waals surface area (Å²) >= 11 is 0. The van der Waals surface area contributed by atoms with Gasteiger partial charge in [0, 0.05) is 36.4 Å². The van der Waals surface area contributed by atoms with Crippen LogP contribution in [0.1, 0.15) is 31.2 Å². The van der Waals surface area contributed by atoms with Crippen LogP contribution in [0.15, 0.2) is 18.2 Å². The predicted octanol–water partition coefficient (Wildman–Crippen LogP) is 2.86. The van der Waals surface area contributed by atoms with Gasteiger partial charge < -0.3 is 10.2 Å². The molecule has 1 N–H and O–H groups in total. The van der Waals surface area contributed by atoms with E-state index >= 15 is 0 Å². The number of hydrogen-bond acceptors (Lipinski definition) is 2. The van der Waals surface area contributed by atoms with Gasteiger partial charge in [-0.1, -0.05) is 18.9 Å². The minimum absolute atomic E-state index is 0.0912. The van der Waals surface area contributed by atoms with E-state index in [9.17, 15) is 4.39 Å². The highest BCUT2D eigenvalue weighted by Gasteiger charge is 2.37. The molecule has 1 heterocycles. The summed E-state index contributed by atoms with van der Waals surface area (Å²) in [6.07, 6.45) is 5.17. The Hall–Kier alpha value is -1.09. The van der Waals surface area contributed by atoms with Crippen LogP contribution in [0.5, 0.6) is 0 Å². The zero-order chi connectivity index (χ0) is 12.6. The van der Waals surface area contributed by atoms with Crippen molar-refractivity contribution in [2.75, 3.05) is 24.5 Å². The maximum Gasteiger partial charge on any atom is 0.128 e. The van der Waals surface area contributed by atoms with Gasteiger partial charge in [0.25, 0.3) is 0 Å². The number of nitrogens with one attached hydrogen (secondary N) is 1. The Morgan fingerprint density at radius 3 is 2.83 bits per heavy atom. The zero-order valence-electron chi connectivity index (χ0n) is 11.0. The Kier molecular flexibility index (Phi) is 3.02. The fourth-order valence-corrected chi connectivity index (χ4v) is 3.49. The maximum atomic E-state index is 13.7. The maximum absolute atomic E-state index is 13.7.